The van der Waals surface area contributed by atoms with E-state index in [4.69, 9.17) is 20.6 Å². The minimum atomic E-state index is -0.664. The van der Waals surface area contributed by atoms with Crippen molar-refractivity contribution in [2.75, 3.05) is 13.7 Å². The summed E-state index contributed by atoms with van der Waals surface area (Å²) in [5, 5.41) is 10.3. The molecule has 1 aliphatic heterocycles. The molecule has 1 N–H and O–H groups in total. The van der Waals surface area contributed by atoms with Gasteiger partial charge in [-0.15, -0.1) is 6.42 Å². The Hall–Kier alpha value is -0.600. The van der Waals surface area contributed by atoms with Crippen molar-refractivity contribution in [1.29, 1.82) is 0 Å². The van der Waals surface area contributed by atoms with E-state index in [0.717, 1.165) is 12.8 Å². The number of hydrogen-bond acceptors (Lipinski definition) is 4. The van der Waals surface area contributed by atoms with Gasteiger partial charge in [0.1, 0.15) is 18.8 Å². The van der Waals surface area contributed by atoms with Gasteiger partial charge in [0.25, 0.3) is 0 Å². The zero-order chi connectivity index (χ0) is 16.2. The van der Waals surface area contributed by atoms with Crippen molar-refractivity contribution in [3.63, 3.8) is 0 Å². The number of methoxy groups -OCH3 is 1. The highest BCUT2D eigenvalue weighted by Crippen LogP contribution is 2.28. The van der Waals surface area contributed by atoms with E-state index < -0.39 is 18.5 Å². The number of aliphatic hydroxyl groups is 1. The molecule has 0 unspecified atom stereocenters. The molecule has 1 saturated heterocycles. The summed E-state index contributed by atoms with van der Waals surface area (Å²) in [5.74, 6) is 2.41. The van der Waals surface area contributed by atoms with Crippen LogP contribution in [-0.2, 0) is 14.2 Å². The molecule has 1 fully saturated rings. The van der Waals surface area contributed by atoms with Crippen LogP contribution in [0.3, 0.4) is 0 Å². The Bertz CT molecular complexity index is 313. The van der Waals surface area contributed by atoms with Gasteiger partial charge in [-0.05, 0) is 6.42 Å². The third kappa shape index (κ3) is 6.66. The maximum atomic E-state index is 10.3. The summed E-state index contributed by atoms with van der Waals surface area (Å²) >= 11 is 0. The molecule has 128 valence electrons. The minimum absolute atomic E-state index is 0.162. The molecule has 1 rings (SSSR count). The van der Waals surface area contributed by atoms with Crippen LogP contribution in [0.15, 0.2) is 0 Å². The van der Waals surface area contributed by atoms with Crippen LogP contribution in [-0.4, -0.2) is 43.4 Å². The molecule has 22 heavy (non-hydrogen) atoms. The van der Waals surface area contributed by atoms with Crippen LogP contribution < -0.4 is 0 Å². The fraction of sp³-hybridized carbons (Fsp3) is 0.889. The van der Waals surface area contributed by atoms with Gasteiger partial charge >= 0.3 is 0 Å². The Morgan fingerprint density at radius 3 is 2.32 bits per heavy atom. The van der Waals surface area contributed by atoms with Crippen molar-refractivity contribution in [3.05, 3.63) is 0 Å². The molecular formula is C18H32O4. The maximum absolute atomic E-state index is 10.3. The predicted molar refractivity (Wildman–Crippen MR) is 87.5 cm³/mol. The summed E-state index contributed by atoms with van der Waals surface area (Å²) in [7, 11) is 1.56. The van der Waals surface area contributed by atoms with Gasteiger partial charge in [-0.2, -0.15) is 0 Å². The van der Waals surface area contributed by atoms with Gasteiger partial charge in [-0.3, -0.25) is 0 Å². The highest BCUT2D eigenvalue weighted by atomic mass is 16.7. The number of terminal acetylenes is 1. The zero-order valence-corrected chi connectivity index (χ0v) is 14.1. The number of ether oxygens (including phenoxy) is 3. The Balaban J connectivity index is 2.16. The van der Waals surface area contributed by atoms with Gasteiger partial charge in [0.2, 0.25) is 0 Å². The molecule has 0 amide bonds. The normalized spacial score (nSPS) is 27.9. The summed E-state index contributed by atoms with van der Waals surface area (Å²) in [4.78, 5) is 0. The SMILES string of the molecule is C#CCO[C@H]1[C@H](OC)O[C@H](CCCCCCCCCC)[C@@H]1O. The second-order valence-corrected chi connectivity index (χ2v) is 6.01. The molecule has 0 spiro atoms. The summed E-state index contributed by atoms with van der Waals surface area (Å²) in [6.07, 6.45) is 14.3. The number of hydrogen-bond donors (Lipinski definition) is 1. The highest BCUT2D eigenvalue weighted by Gasteiger charge is 2.44. The van der Waals surface area contributed by atoms with Crippen LogP contribution in [0.1, 0.15) is 64.7 Å². The molecule has 1 aliphatic rings. The van der Waals surface area contributed by atoms with E-state index in [1.165, 1.54) is 44.9 Å². The number of unbranched alkanes of at least 4 members (excludes halogenated alkanes) is 7. The van der Waals surface area contributed by atoms with Crippen molar-refractivity contribution in [2.24, 2.45) is 0 Å². The Morgan fingerprint density at radius 1 is 1.09 bits per heavy atom. The molecule has 0 radical (unpaired) electrons. The monoisotopic (exact) mass is 312 g/mol. The molecule has 0 aromatic heterocycles. The van der Waals surface area contributed by atoms with E-state index in [9.17, 15) is 5.11 Å². The second kappa shape index (κ2) is 11.9. The summed E-state index contributed by atoms with van der Waals surface area (Å²) in [6.45, 7) is 2.40. The van der Waals surface area contributed by atoms with Gasteiger partial charge in [0.15, 0.2) is 6.29 Å². The van der Waals surface area contributed by atoms with E-state index in [-0.39, 0.29) is 12.7 Å². The standard InChI is InChI=1S/C18H32O4/c1-4-6-7-8-9-10-11-12-13-15-16(19)17(21-14-5-2)18(20-3)22-15/h2,15-19H,4,6-14H2,1,3H3/t15-,16+,17-,18-/m1/s1. The van der Waals surface area contributed by atoms with Crippen LogP contribution in [0, 0.1) is 12.3 Å². The highest BCUT2D eigenvalue weighted by molar-refractivity contribution is 4.90. The molecule has 1 heterocycles. The van der Waals surface area contributed by atoms with Crippen LogP contribution in [0.2, 0.25) is 0 Å². The first-order valence-electron chi connectivity index (χ1n) is 8.66. The van der Waals surface area contributed by atoms with Crippen molar-refractivity contribution >= 4 is 0 Å². The molecule has 0 aliphatic carbocycles. The third-order valence-electron chi connectivity index (χ3n) is 4.23. The fourth-order valence-corrected chi connectivity index (χ4v) is 2.93. The van der Waals surface area contributed by atoms with Crippen LogP contribution in [0.4, 0.5) is 0 Å². The summed E-state index contributed by atoms with van der Waals surface area (Å²) < 4.78 is 16.4. The first kappa shape index (κ1) is 19.4. The van der Waals surface area contributed by atoms with Crippen molar-refractivity contribution < 1.29 is 19.3 Å². The molecule has 4 atom stereocenters. The smallest absolute Gasteiger partial charge is 0.186 e. The van der Waals surface area contributed by atoms with Crippen molar-refractivity contribution in [3.8, 4) is 12.3 Å². The molecule has 0 aromatic rings. The summed E-state index contributed by atoms with van der Waals surface area (Å²) in [5.41, 5.74) is 0. The fourth-order valence-electron chi connectivity index (χ4n) is 2.93. The van der Waals surface area contributed by atoms with Gasteiger partial charge in [-0.25, -0.2) is 0 Å². The van der Waals surface area contributed by atoms with Gasteiger partial charge in [0, 0.05) is 7.11 Å². The molecule has 0 bridgehead atoms. The molecule has 4 heteroatoms. The van der Waals surface area contributed by atoms with E-state index in [1.807, 2.05) is 0 Å². The average Bonchev–Trinajstić information content (AvgIpc) is 2.83. The maximum Gasteiger partial charge on any atom is 0.186 e. The Labute approximate surface area is 135 Å². The topological polar surface area (TPSA) is 47.9 Å². The third-order valence-corrected chi connectivity index (χ3v) is 4.23. The molecule has 4 nitrogen and oxygen atoms in total. The van der Waals surface area contributed by atoms with E-state index in [1.54, 1.807) is 7.11 Å². The van der Waals surface area contributed by atoms with Crippen LogP contribution in [0.5, 0.6) is 0 Å². The van der Waals surface area contributed by atoms with Gasteiger partial charge in [0.05, 0.1) is 6.10 Å². The quantitative estimate of drug-likeness (QED) is 0.444. The first-order chi connectivity index (χ1) is 10.7. The lowest BCUT2D eigenvalue weighted by Gasteiger charge is -2.18. The molecular weight excluding hydrogens is 280 g/mol. The van der Waals surface area contributed by atoms with Crippen molar-refractivity contribution in [1.82, 2.24) is 0 Å². The van der Waals surface area contributed by atoms with E-state index in [2.05, 4.69) is 12.8 Å². The minimum Gasteiger partial charge on any atom is -0.387 e. The predicted octanol–water partition coefficient (Wildman–Crippen LogP) is 3.27. The van der Waals surface area contributed by atoms with Gasteiger partial charge in [-0.1, -0.05) is 64.2 Å². The van der Waals surface area contributed by atoms with E-state index >= 15 is 0 Å². The Morgan fingerprint density at radius 2 is 1.73 bits per heavy atom. The Kier molecular flexibility index (Phi) is 10.5. The van der Waals surface area contributed by atoms with E-state index in [0.29, 0.717) is 0 Å². The summed E-state index contributed by atoms with van der Waals surface area (Å²) in [6, 6.07) is 0. The lowest BCUT2D eigenvalue weighted by atomic mass is 10.0. The number of rotatable bonds is 12. The average molecular weight is 312 g/mol. The number of aliphatic hydroxyl groups excluding tert-OH is 1. The van der Waals surface area contributed by atoms with Gasteiger partial charge < -0.3 is 19.3 Å². The largest absolute Gasteiger partial charge is 0.387 e. The lowest BCUT2D eigenvalue weighted by Crippen LogP contribution is -2.36. The van der Waals surface area contributed by atoms with Crippen molar-refractivity contribution in [2.45, 2.75) is 89.3 Å². The lowest BCUT2D eigenvalue weighted by molar-refractivity contribution is -0.159. The molecule has 0 aromatic carbocycles. The zero-order valence-electron chi connectivity index (χ0n) is 14.1. The van der Waals surface area contributed by atoms with Crippen LogP contribution >= 0.6 is 0 Å². The second-order valence-electron chi connectivity index (χ2n) is 6.01. The van der Waals surface area contributed by atoms with Crippen LogP contribution in [0.25, 0.3) is 0 Å². The first-order valence-corrected chi connectivity index (χ1v) is 8.66. The molecule has 0 saturated carbocycles.